The second kappa shape index (κ2) is 9.76. The number of likely N-dealkylation sites (N-methyl/N-ethyl adjacent to an activating group) is 2. The zero-order valence-corrected chi connectivity index (χ0v) is 20.5. The van der Waals surface area contributed by atoms with Gasteiger partial charge in [-0.3, -0.25) is 19.3 Å². The molecule has 2 aliphatic rings. The van der Waals surface area contributed by atoms with Gasteiger partial charge in [0.15, 0.2) is 0 Å². The fourth-order valence-electron chi connectivity index (χ4n) is 4.78. The van der Waals surface area contributed by atoms with Crippen molar-refractivity contribution in [1.82, 2.24) is 14.7 Å². The molecular weight excluding hydrogens is 454 g/mol. The number of nitrogens with zero attached hydrogens (tertiary/aromatic N) is 3. The van der Waals surface area contributed by atoms with Crippen molar-refractivity contribution in [3.63, 3.8) is 0 Å². The second-order valence-corrected chi connectivity index (χ2v) is 9.80. The highest BCUT2D eigenvalue weighted by atomic mass is 35.5. The van der Waals surface area contributed by atoms with E-state index in [9.17, 15) is 14.4 Å². The van der Waals surface area contributed by atoms with Crippen molar-refractivity contribution in [3.8, 4) is 5.75 Å². The molecule has 7 nitrogen and oxygen atoms in total. The number of benzene rings is 2. The van der Waals surface area contributed by atoms with E-state index in [0.717, 1.165) is 17.7 Å². The van der Waals surface area contributed by atoms with Crippen molar-refractivity contribution in [2.45, 2.75) is 30.8 Å². The van der Waals surface area contributed by atoms with Crippen LogP contribution in [0.2, 0.25) is 5.02 Å². The zero-order chi connectivity index (χ0) is 24.5. The molecule has 0 bridgehead atoms. The predicted molar refractivity (Wildman–Crippen MR) is 130 cm³/mol. The molecular formula is C26H30ClN3O4. The van der Waals surface area contributed by atoms with Crippen LogP contribution in [0.1, 0.15) is 24.0 Å². The maximum atomic E-state index is 13.7. The van der Waals surface area contributed by atoms with Crippen LogP contribution in [0.4, 0.5) is 0 Å². The molecule has 0 aromatic heterocycles. The number of hydrogen-bond acceptors (Lipinski definition) is 5. The predicted octanol–water partition coefficient (Wildman–Crippen LogP) is 2.75. The minimum absolute atomic E-state index is 0.0755. The lowest BCUT2D eigenvalue weighted by molar-refractivity contribution is -0.142. The average molecular weight is 484 g/mol. The molecule has 2 unspecified atom stereocenters. The normalized spacial score (nSPS) is 21.7. The van der Waals surface area contributed by atoms with Crippen LogP contribution in [0.3, 0.4) is 0 Å². The highest BCUT2D eigenvalue weighted by molar-refractivity contribution is 6.32. The van der Waals surface area contributed by atoms with E-state index in [1.165, 1.54) is 4.90 Å². The topological polar surface area (TPSA) is 70.2 Å². The maximum Gasteiger partial charge on any atom is 0.240 e. The summed E-state index contributed by atoms with van der Waals surface area (Å²) in [6.07, 6.45) is 0.364. The van der Waals surface area contributed by atoms with Gasteiger partial charge in [-0.2, -0.15) is 0 Å². The molecule has 8 heteroatoms. The molecule has 0 radical (unpaired) electrons. The van der Waals surface area contributed by atoms with Gasteiger partial charge in [-0.15, -0.1) is 0 Å². The molecule has 34 heavy (non-hydrogen) atoms. The van der Waals surface area contributed by atoms with Crippen molar-refractivity contribution in [1.29, 1.82) is 0 Å². The number of fused-ring (bicyclic) bond motifs is 1. The van der Waals surface area contributed by atoms with Gasteiger partial charge in [-0.05, 0) is 37.4 Å². The number of para-hydroxylation sites is 1. The molecule has 0 N–H and O–H groups in total. The third-order valence-electron chi connectivity index (χ3n) is 6.64. The quantitative estimate of drug-likeness (QED) is 0.540. The van der Waals surface area contributed by atoms with Crippen LogP contribution in [0.15, 0.2) is 48.5 Å². The Kier molecular flexibility index (Phi) is 6.96. The van der Waals surface area contributed by atoms with E-state index in [4.69, 9.17) is 16.3 Å². The summed E-state index contributed by atoms with van der Waals surface area (Å²) in [6.45, 7) is 1.21. The van der Waals surface area contributed by atoms with Crippen LogP contribution in [-0.4, -0.2) is 79.3 Å². The Morgan fingerprint density at radius 2 is 1.82 bits per heavy atom. The Bertz CT molecular complexity index is 1080. The number of rotatable bonds is 8. The van der Waals surface area contributed by atoms with Crippen LogP contribution >= 0.6 is 11.6 Å². The van der Waals surface area contributed by atoms with Gasteiger partial charge in [0.25, 0.3) is 0 Å². The third kappa shape index (κ3) is 4.68. The first-order valence-corrected chi connectivity index (χ1v) is 11.8. The van der Waals surface area contributed by atoms with Crippen molar-refractivity contribution >= 4 is 29.3 Å². The molecule has 2 aliphatic heterocycles. The van der Waals surface area contributed by atoms with Crippen LogP contribution in [-0.2, 0) is 26.2 Å². The van der Waals surface area contributed by atoms with Crippen molar-refractivity contribution < 1.29 is 19.1 Å². The first-order chi connectivity index (χ1) is 16.2. The van der Waals surface area contributed by atoms with E-state index < -0.39 is 5.41 Å². The molecule has 0 spiro atoms. The van der Waals surface area contributed by atoms with Gasteiger partial charge in [-0.1, -0.05) is 48.0 Å². The fourth-order valence-corrected chi connectivity index (χ4v) is 5.09. The largest absolute Gasteiger partial charge is 0.488 e. The van der Waals surface area contributed by atoms with Crippen molar-refractivity contribution in [2.75, 3.05) is 40.8 Å². The van der Waals surface area contributed by atoms with Gasteiger partial charge in [-0.25, -0.2) is 0 Å². The summed E-state index contributed by atoms with van der Waals surface area (Å²) >= 11 is 6.50. The molecule has 2 aromatic rings. The van der Waals surface area contributed by atoms with Crippen LogP contribution < -0.4 is 4.74 Å². The number of amides is 3. The van der Waals surface area contributed by atoms with E-state index in [-0.39, 0.29) is 43.2 Å². The number of ether oxygens (including phenoxy) is 1. The maximum absolute atomic E-state index is 13.7. The molecule has 1 saturated heterocycles. The lowest BCUT2D eigenvalue weighted by Crippen LogP contribution is -2.45. The zero-order valence-electron chi connectivity index (χ0n) is 19.8. The summed E-state index contributed by atoms with van der Waals surface area (Å²) < 4.78 is 5.99. The van der Waals surface area contributed by atoms with E-state index in [1.807, 2.05) is 43.3 Å². The number of carbonyl (C=O) groups excluding carboxylic acids is 3. The van der Waals surface area contributed by atoms with Crippen LogP contribution in [0, 0.1) is 0 Å². The number of halogens is 1. The number of likely N-dealkylation sites (tertiary alicyclic amines) is 1. The standard InChI is InChI=1S/C26H30ClN3O4/c1-28(2)12-13-30-24(32)16-26(25(30)33,20-9-5-6-10-21(20)27)15-23(31)29(3)17-19-14-18-8-4-7-11-22(18)34-19/h4-11,19H,12-17H2,1-3H3. The summed E-state index contributed by atoms with van der Waals surface area (Å²) in [6, 6.07) is 14.8. The first-order valence-electron chi connectivity index (χ1n) is 11.4. The Morgan fingerprint density at radius 3 is 2.53 bits per heavy atom. The molecule has 180 valence electrons. The van der Waals surface area contributed by atoms with Gasteiger partial charge in [0.1, 0.15) is 11.9 Å². The Morgan fingerprint density at radius 1 is 1.12 bits per heavy atom. The van der Waals surface area contributed by atoms with Gasteiger partial charge >= 0.3 is 0 Å². The minimum Gasteiger partial charge on any atom is -0.488 e. The SMILES string of the molecule is CN(C)CCN1C(=O)CC(CC(=O)N(C)CC2Cc3ccccc3O2)(c2ccccc2Cl)C1=O. The van der Waals surface area contributed by atoms with Gasteiger partial charge in [0, 0.05) is 44.4 Å². The van der Waals surface area contributed by atoms with Crippen LogP contribution in [0.5, 0.6) is 5.75 Å². The molecule has 2 heterocycles. The van der Waals surface area contributed by atoms with Gasteiger partial charge in [0.05, 0.1) is 12.0 Å². The number of carbonyl (C=O) groups is 3. The summed E-state index contributed by atoms with van der Waals surface area (Å²) in [5, 5.41) is 0.378. The van der Waals surface area contributed by atoms with Crippen molar-refractivity contribution in [2.24, 2.45) is 0 Å². The van der Waals surface area contributed by atoms with E-state index in [2.05, 4.69) is 0 Å². The monoisotopic (exact) mass is 483 g/mol. The highest BCUT2D eigenvalue weighted by Crippen LogP contribution is 2.43. The molecule has 4 rings (SSSR count). The van der Waals surface area contributed by atoms with Crippen LogP contribution in [0.25, 0.3) is 0 Å². The highest BCUT2D eigenvalue weighted by Gasteiger charge is 2.54. The summed E-state index contributed by atoms with van der Waals surface area (Å²) in [7, 11) is 5.47. The Labute approximate surface area is 205 Å². The third-order valence-corrected chi connectivity index (χ3v) is 6.97. The fraction of sp³-hybridized carbons (Fsp3) is 0.423. The number of hydrogen-bond donors (Lipinski definition) is 0. The van der Waals surface area contributed by atoms with Gasteiger partial charge < -0.3 is 14.5 Å². The summed E-state index contributed by atoms with van der Waals surface area (Å²) in [4.78, 5) is 44.8. The lowest BCUT2D eigenvalue weighted by Gasteiger charge is -2.30. The molecule has 0 saturated carbocycles. The Hall–Kier alpha value is -2.90. The summed E-state index contributed by atoms with van der Waals surface area (Å²) in [5.41, 5.74) is 0.328. The second-order valence-electron chi connectivity index (χ2n) is 9.40. The van der Waals surface area contributed by atoms with Gasteiger partial charge in [0.2, 0.25) is 17.7 Å². The van der Waals surface area contributed by atoms with E-state index >= 15 is 0 Å². The molecule has 2 atom stereocenters. The molecule has 0 aliphatic carbocycles. The first kappa shape index (κ1) is 24.2. The number of imide groups is 1. The van der Waals surface area contributed by atoms with Crippen molar-refractivity contribution in [3.05, 3.63) is 64.7 Å². The lowest BCUT2D eigenvalue weighted by atomic mass is 9.75. The minimum atomic E-state index is -1.31. The summed E-state index contributed by atoms with van der Waals surface area (Å²) in [5.74, 6) is -0.0282. The molecule has 1 fully saturated rings. The Balaban J connectivity index is 1.55. The van der Waals surface area contributed by atoms with E-state index in [0.29, 0.717) is 23.7 Å². The smallest absolute Gasteiger partial charge is 0.240 e. The molecule has 3 amide bonds. The molecule has 2 aromatic carbocycles. The van der Waals surface area contributed by atoms with E-state index in [1.54, 1.807) is 36.2 Å². The average Bonchev–Trinajstić information content (AvgIpc) is 3.30.